The van der Waals surface area contributed by atoms with Crippen molar-refractivity contribution in [3.05, 3.63) is 64.2 Å². The molecule has 0 aliphatic carbocycles. The number of ether oxygens (including phenoxy) is 1. The van der Waals surface area contributed by atoms with Crippen molar-refractivity contribution in [2.24, 2.45) is 0 Å². The molecule has 4 rings (SSSR count). The molecule has 2 heterocycles. The number of nitrogens with zero attached hydrogens (tertiary/aromatic N) is 1. The van der Waals surface area contributed by atoms with Crippen LogP contribution in [0.1, 0.15) is 59.3 Å². The Labute approximate surface area is 214 Å². The molecule has 1 atom stereocenters. The van der Waals surface area contributed by atoms with Gasteiger partial charge in [0, 0.05) is 30.6 Å². The van der Waals surface area contributed by atoms with E-state index < -0.39 is 40.6 Å². The highest BCUT2D eigenvalue weighted by Crippen LogP contribution is 2.34. The van der Waals surface area contributed by atoms with Crippen LogP contribution in [0.15, 0.2) is 36.4 Å². The van der Waals surface area contributed by atoms with Crippen molar-refractivity contribution in [3.8, 4) is 5.75 Å². The third-order valence-electron chi connectivity index (χ3n) is 6.48. The fourth-order valence-electron chi connectivity index (χ4n) is 4.53. The minimum absolute atomic E-state index is 0.000804. The van der Waals surface area contributed by atoms with E-state index in [0.717, 1.165) is 0 Å². The number of piperidine rings is 1. The number of hydrogen-bond donors (Lipinski definition) is 2. The first-order chi connectivity index (χ1) is 17.3. The Morgan fingerprint density at radius 1 is 1.22 bits per heavy atom. The van der Waals surface area contributed by atoms with Crippen molar-refractivity contribution in [1.29, 1.82) is 0 Å². The summed E-state index contributed by atoms with van der Waals surface area (Å²) in [5, 5.41) is 4.42. The van der Waals surface area contributed by atoms with Crippen molar-refractivity contribution in [2.45, 2.75) is 64.2 Å². The van der Waals surface area contributed by atoms with Gasteiger partial charge in [0.25, 0.3) is 11.8 Å². The molecule has 0 spiro atoms. The van der Waals surface area contributed by atoms with Crippen LogP contribution in [0.3, 0.4) is 0 Å². The molecule has 2 aromatic carbocycles. The van der Waals surface area contributed by atoms with Gasteiger partial charge in [0.2, 0.25) is 11.8 Å². The minimum atomic E-state index is -3.78. The highest BCUT2D eigenvalue weighted by atomic mass is 19.3. The lowest BCUT2D eigenvalue weighted by Gasteiger charge is -2.40. The zero-order valence-corrected chi connectivity index (χ0v) is 20.7. The monoisotopic (exact) mass is 509 g/mol. The predicted molar refractivity (Wildman–Crippen MR) is 130 cm³/mol. The number of rotatable bonds is 7. The van der Waals surface area contributed by atoms with Gasteiger partial charge in [-0.05, 0) is 68.1 Å². The molecule has 2 aliphatic rings. The Bertz CT molecular complexity index is 1300. The van der Waals surface area contributed by atoms with Crippen LogP contribution in [-0.2, 0) is 33.4 Å². The van der Waals surface area contributed by atoms with Gasteiger partial charge in [-0.1, -0.05) is 12.1 Å². The van der Waals surface area contributed by atoms with Gasteiger partial charge in [-0.25, -0.2) is 0 Å². The molecule has 2 N–H and O–H groups in total. The molecule has 2 aliphatic heterocycles. The number of imide groups is 1. The molecule has 0 bridgehead atoms. The summed E-state index contributed by atoms with van der Waals surface area (Å²) in [5.41, 5.74) is -0.533. The van der Waals surface area contributed by atoms with Gasteiger partial charge in [-0.3, -0.25) is 24.5 Å². The highest BCUT2D eigenvalue weighted by molar-refractivity contribution is 6.32. The average molecular weight is 509 g/mol. The van der Waals surface area contributed by atoms with Gasteiger partial charge in [0.15, 0.2) is 0 Å². The third kappa shape index (κ3) is 4.94. The molecule has 37 heavy (non-hydrogen) atoms. The third-order valence-corrected chi connectivity index (χ3v) is 6.48. The molecule has 8 nitrogen and oxygen atoms in total. The molecule has 1 unspecified atom stereocenters. The van der Waals surface area contributed by atoms with Gasteiger partial charge >= 0.3 is 5.92 Å². The summed E-state index contributed by atoms with van der Waals surface area (Å²) in [4.78, 5) is 50.4. The van der Waals surface area contributed by atoms with Gasteiger partial charge in [0.05, 0.1) is 11.5 Å². The lowest BCUT2D eigenvalue weighted by molar-refractivity contribution is -0.147. The molecule has 0 aromatic heterocycles. The normalized spacial score (nSPS) is 19.6. The molecule has 4 amide bonds. The summed E-state index contributed by atoms with van der Waals surface area (Å²) >= 11 is 0. The van der Waals surface area contributed by atoms with Crippen LogP contribution >= 0.6 is 0 Å². The van der Waals surface area contributed by atoms with Crippen molar-refractivity contribution >= 4 is 31.5 Å². The summed E-state index contributed by atoms with van der Waals surface area (Å²) in [6.07, 6.45) is -0.136. The maximum absolute atomic E-state index is 15.0. The van der Waals surface area contributed by atoms with E-state index in [2.05, 4.69) is 10.6 Å². The van der Waals surface area contributed by atoms with E-state index in [4.69, 9.17) is 12.6 Å². The first kappa shape index (κ1) is 26.3. The molecule has 192 valence electrons. The Kier molecular flexibility index (Phi) is 6.83. The number of alkyl halides is 2. The van der Waals surface area contributed by atoms with E-state index in [0.29, 0.717) is 22.4 Å². The molecule has 2 aromatic rings. The molecular weight excluding hydrogens is 483 g/mol. The quantitative estimate of drug-likeness (QED) is 0.441. The van der Waals surface area contributed by atoms with E-state index >= 15 is 0 Å². The maximum atomic E-state index is 15.0. The fraction of sp³-hybridized carbons (Fsp3) is 0.385. The number of carbonyl (C=O) groups is 4. The van der Waals surface area contributed by atoms with E-state index in [1.165, 1.54) is 42.2 Å². The Morgan fingerprint density at radius 3 is 2.59 bits per heavy atom. The van der Waals surface area contributed by atoms with Crippen molar-refractivity contribution < 1.29 is 32.7 Å². The van der Waals surface area contributed by atoms with Crippen molar-refractivity contribution in [2.75, 3.05) is 0 Å². The zero-order valence-electron chi connectivity index (χ0n) is 20.7. The van der Waals surface area contributed by atoms with E-state index in [9.17, 15) is 28.0 Å². The SMILES string of the molecule is [B]C1(N2Cc3cc(CNC(=O)C(F)(F)c4ccc(OC(C)C)cc4C)ccc3C2=O)CCC(=O)NC1=O. The smallest absolute Gasteiger partial charge is 0.350 e. The van der Waals surface area contributed by atoms with E-state index in [1.54, 1.807) is 6.07 Å². The van der Waals surface area contributed by atoms with Gasteiger partial charge in [0.1, 0.15) is 13.6 Å². The summed E-state index contributed by atoms with van der Waals surface area (Å²) in [6, 6.07) is 8.69. The van der Waals surface area contributed by atoms with Crippen LogP contribution in [0.2, 0.25) is 0 Å². The number of carbonyl (C=O) groups excluding carboxylic acids is 4. The number of nitrogens with one attached hydrogen (secondary N) is 2. The molecule has 2 radical (unpaired) electrons. The predicted octanol–water partition coefficient (Wildman–Crippen LogP) is 2.45. The summed E-state index contributed by atoms with van der Waals surface area (Å²) in [5.74, 6) is -6.48. The van der Waals surface area contributed by atoms with Crippen LogP contribution < -0.4 is 15.4 Å². The standard InChI is InChI=1S/C26H26BF2N3O5/c1-14(2)37-18-5-7-20(15(3)10-18)26(28,29)24(36)30-12-16-4-6-19-17(11-16)13-32(22(19)34)25(27)9-8-21(33)31-23(25)35/h4-7,10-11,14H,8-9,12-13H2,1-3H3,(H,30,36)(H,31,33,35). The molecule has 11 heteroatoms. The minimum Gasteiger partial charge on any atom is -0.491 e. The van der Waals surface area contributed by atoms with E-state index in [-0.39, 0.29) is 37.6 Å². The van der Waals surface area contributed by atoms with Crippen LogP contribution in [0.4, 0.5) is 8.78 Å². The van der Waals surface area contributed by atoms with Crippen LogP contribution in [-0.4, -0.2) is 47.9 Å². The first-order valence-electron chi connectivity index (χ1n) is 11.8. The topological polar surface area (TPSA) is 105 Å². The summed E-state index contributed by atoms with van der Waals surface area (Å²) in [7, 11) is 6.22. The number of aryl methyl sites for hydroxylation is 1. The van der Waals surface area contributed by atoms with E-state index in [1.807, 2.05) is 13.8 Å². The molecular formula is C26H26BF2N3O5. The first-order valence-corrected chi connectivity index (χ1v) is 11.8. The largest absolute Gasteiger partial charge is 0.491 e. The lowest BCUT2D eigenvalue weighted by atomic mass is 9.70. The van der Waals surface area contributed by atoms with Crippen LogP contribution in [0.25, 0.3) is 0 Å². The van der Waals surface area contributed by atoms with Crippen molar-refractivity contribution in [1.82, 2.24) is 15.5 Å². The molecule has 1 saturated heterocycles. The second kappa shape index (κ2) is 9.61. The van der Waals surface area contributed by atoms with Gasteiger partial charge in [-0.2, -0.15) is 8.78 Å². The fourth-order valence-corrected chi connectivity index (χ4v) is 4.53. The Morgan fingerprint density at radius 2 is 1.95 bits per heavy atom. The van der Waals surface area contributed by atoms with Crippen LogP contribution in [0, 0.1) is 6.92 Å². The second-order valence-corrected chi connectivity index (χ2v) is 9.58. The maximum Gasteiger partial charge on any atom is 0.350 e. The Balaban J connectivity index is 1.45. The average Bonchev–Trinajstić information content (AvgIpc) is 3.16. The van der Waals surface area contributed by atoms with Gasteiger partial charge in [-0.15, -0.1) is 0 Å². The number of fused-ring (bicyclic) bond motifs is 1. The summed E-state index contributed by atoms with van der Waals surface area (Å²) < 4.78 is 35.4. The zero-order chi connectivity index (χ0) is 27.1. The Hall–Kier alpha value is -3.76. The number of amides is 4. The van der Waals surface area contributed by atoms with Gasteiger partial charge < -0.3 is 15.0 Å². The highest BCUT2D eigenvalue weighted by Gasteiger charge is 2.48. The molecule has 0 saturated carbocycles. The number of hydrogen-bond acceptors (Lipinski definition) is 5. The second-order valence-electron chi connectivity index (χ2n) is 9.58. The van der Waals surface area contributed by atoms with Crippen molar-refractivity contribution in [3.63, 3.8) is 0 Å². The number of benzene rings is 2. The number of halogens is 2. The summed E-state index contributed by atoms with van der Waals surface area (Å²) in [6.45, 7) is 4.93. The molecule has 1 fully saturated rings. The van der Waals surface area contributed by atoms with Crippen LogP contribution in [0.5, 0.6) is 5.75 Å². The lowest BCUT2D eigenvalue weighted by Crippen LogP contribution is -2.63.